The van der Waals surface area contributed by atoms with Crippen molar-refractivity contribution in [1.82, 2.24) is 0 Å². The number of nitrogens with zero attached hydrogens (tertiary/aromatic N) is 4. The first-order valence-electron chi connectivity index (χ1n) is 25.4. The Kier molecular flexibility index (Phi) is 30.7. The van der Waals surface area contributed by atoms with E-state index < -0.39 is 120 Å². The predicted molar refractivity (Wildman–Crippen MR) is 316 cm³/mol. The number of carbonyl (C=O) groups is 2. The summed E-state index contributed by atoms with van der Waals surface area (Å²) in [5.41, 5.74) is -0.994. The van der Waals surface area contributed by atoms with Gasteiger partial charge in [-0.2, -0.15) is 23.7 Å². The third-order valence-electron chi connectivity index (χ3n) is 11.8. The molecule has 0 saturated heterocycles. The standard InChI is InChI=1S/C11H13F3O3S.C11H10N2O3S.C11H16O7S3.C11H12O5S.C9H10N2O7S/c1-6(2)10-7(3)4-8(18(15,16)17)5-9(10)11(12,13)14;1-7(2)11-8(5-12)3-10(17(14,15)16)4-9(11)6-13;1-7(2)11-9(15-17-19-3)5-8(21(12,13)14)6-10(11)16-18-20-4;1-7(2)11-8(5-12)3-10(17(14,15)16)4-9(11)6-13;1-5(2)9-7(10(12)13)3-6(19(16,17)18)4-8(9)11(14)15/h4-6H,1-3H3,(H,15,16,17);3-4,7H,1-2H3,(H,14,15,16);5-7H,1-4H3,(H,12,13,14);3-7H,1-2H3,(H,14,15,16);3-5H,1-2H3,(H,16,17,18)/p-5. The van der Waals surface area contributed by atoms with Crippen LogP contribution in [0.3, 0.4) is 0 Å². The van der Waals surface area contributed by atoms with Crippen molar-refractivity contribution in [1.29, 1.82) is 10.5 Å². The molecule has 0 aromatic heterocycles. The van der Waals surface area contributed by atoms with Crippen molar-refractivity contribution in [2.45, 2.75) is 136 Å². The first-order chi connectivity index (χ1) is 41.9. The smallest absolute Gasteiger partial charge is 0.416 e. The number of hydrogen-bond donors (Lipinski definition) is 0. The number of hydrogen-bond acceptors (Lipinski definition) is 29. The summed E-state index contributed by atoms with van der Waals surface area (Å²) in [4.78, 5) is 48.2. The second-order valence-corrected chi connectivity index (χ2v) is 27.8. The lowest BCUT2D eigenvalue weighted by Crippen LogP contribution is -2.14. The molecule has 0 heterocycles. The fourth-order valence-electron chi connectivity index (χ4n) is 8.37. The monoisotopic (exact) mass is 1430 g/mol. The van der Waals surface area contributed by atoms with Gasteiger partial charge in [0.1, 0.15) is 68.7 Å². The highest BCUT2D eigenvalue weighted by atomic mass is 32.2. The maximum atomic E-state index is 12.9. The topological polar surface area (TPSA) is 491 Å². The van der Waals surface area contributed by atoms with Crippen LogP contribution in [-0.2, 0) is 65.4 Å². The number of aldehydes is 2. The SMILES string of the molecule is CC(C)c1c(C#N)cc(S(=O)(=O)[O-])cc1C#N.CC(C)c1c(C=O)cc(S(=O)(=O)[O-])cc1C=O.CC(C)c1c([N+](=O)[O-])cc(S(=O)(=O)[O-])cc1[N+](=O)[O-].CSOOc1cc(S(=O)(=O)[O-])cc(OOSC)c1C(C)C.Cc1cc(S(=O)(=O)[O-])cc(C(F)(F)F)c1C(C)C. The van der Waals surface area contributed by atoms with Crippen molar-refractivity contribution < 1.29 is 116 Å². The van der Waals surface area contributed by atoms with Gasteiger partial charge in [-0.25, -0.2) is 42.1 Å². The minimum Gasteiger partial charge on any atom is -0.744 e. The minimum atomic E-state index is -5.02. The normalized spacial score (nSPS) is 11.8. The summed E-state index contributed by atoms with van der Waals surface area (Å²) >= 11 is 1.86. The van der Waals surface area contributed by atoms with Crippen molar-refractivity contribution in [2.75, 3.05) is 12.5 Å². The summed E-state index contributed by atoms with van der Waals surface area (Å²) < 4.78 is 212. The lowest BCUT2D eigenvalue weighted by Gasteiger charge is -2.20. The van der Waals surface area contributed by atoms with E-state index in [1.807, 2.05) is 26.0 Å². The van der Waals surface area contributed by atoms with Gasteiger partial charge in [0, 0.05) is 77.6 Å². The van der Waals surface area contributed by atoms with E-state index in [-0.39, 0.29) is 68.2 Å². The van der Waals surface area contributed by atoms with Crippen LogP contribution >= 0.6 is 24.1 Å². The number of benzene rings is 5. The van der Waals surface area contributed by atoms with E-state index in [4.69, 9.17) is 29.0 Å². The second-order valence-electron chi connectivity index (χ2n) is 20.0. The van der Waals surface area contributed by atoms with Crippen molar-refractivity contribution in [3.8, 4) is 23.6 Å². The Labute approximate surface area is 536 Å². The molecular formula is C53H56F3N4O25S7-5. The Hall–Kier alpha value is -7.22. The van der Waals surface area contributed by atoms with Crippen LogP contribution in [0.5, 0.6) is 11.5 Å². The Morgan fingerprint density at radius 3 is 1.02 bits per heavy atom. The molecule has 39 heteroatoms. The second kappa shape index (κ2) is 34.1. The van der Waals surface area contributed by atoms with Crippen LogP contribution in [-0.4, -0.2) is 99.8 Å². The molecule has 5 rings (SSSR count). The first kappa shape index (κ1) is 82.8. The third kappa shape index (κ3) is 23.7. The molecule has 5 aromatic rings. The molecular weight excluding hydrogens is 1370 g/mol. The summed E-state index contributed by atoms with van der Waals surface area (Å²) in [5.74, 6) is -1.17. The number of rotatable bonds is 20. The average molecular weight is 1430 g/mol. The van der Waals surface area contributed by atoms with E-state index in [9.17, 15) is 108 Å². The largest absolute Gasteiger partial charge is 0.744 e. The number of nitro benzene ring substituents is 2. The van der Waals surface area contributed by atoms with Gasteiger partial charge in [-0.05, 0) is 95.2 Å². The third-order valence-corrected chi connectivity index (χ3v) is 16.3. The Bertz CT molecular complexity index is 4120. The van der Waals surface area contributed by atoms with Crippen molar-refractivity contribution in [3.05, 3.63) is 142 Å². The number of alkyl halides is 3. The zero-order chi connectivity index (χ0) is 71.7. The number of nitro groups is 2. The Morgan fingerprint density at radius 1 is 0.467 bits per heavy atom. The van der Waals surface area contributed by atoms with E-state index in [0.717, 1.165) is 66.6 Å². The molecule has 0 saturated carbocycles. The highest BCUT2D eigenvalue weighted by molar-refractivity contribution is 7.94. The van der Waals surface area contributed by atoms with Gasteiger partial charge in [-0.1, -0.05) is 69.2 Å². The number of carbonyl (C=O) groups excluding carboxylic acids is 2. The molecule has 0 unspecified atom stereocenters. The quantitative estimate of drug-likeness (QED) is 0.0174. The average Bonchev–Trinajstić information content (AvgIpc) is 0.819. The van der Waals surface area contributed by atoms with Gasteiger partial charge in [0.15, 0.2) is 11.5 Å². The fourth-order valence-corrected chi connectivity index (χ4v) is 11.3. The van der Waals surface area contributed by atoms with E-state index in [0.29, 0.717) is 47.5 Å². The van der Waals surface area contributed by atoms with Crippen LogP contribution in [0.4, 0.5) is 24.5 Å². The van der Waals surface area contributed by atoms with Crippen LogP contribution in [0.2, 0.25) is 0 Å². The lowest BCUT2D eigenvalue weighted by atomic mass is 9.92. The lowest BCUT2D eigenvalue weighted by molar-refractivity contribution is -0.396. The summed E-state index contributed by atoms with van der Waals surface area (Å²) in [7, 11) is -23.9. The Balaban J connectivity index is 0.000000576. The first-order valence-corrected chi connectivity index (χ1v) is 34.7. The van der Waals surface area contributed by atoms with Crippen LogP contribution in [0.15, 0.2) is 85.1 Å². The summed E-state index contributed by atoms with van der Waals surface area (Å²) in [6.45, 7) is 18.3. The summed E-state index contributed by atoms with van der Waals surface area (Å²) in [6, 6.07) is 12.3. The molecule has 0 atom stereocenters. The van der Waals surface area contributed by atoms with Gasteiger partial charge in [0.05, 0.1) is 63.2 Å². The molecule has 0 bridgehead atoms. The molecule has 0 amide bonds. The molecule has 5 aromatic carbocycles. The van der Waals surface area contributed by atoms with Gasteiger partial charge in [0.2, 0.25) is 0 Å². The maximum absolute atomic E-state index is 12.9. The van der Waals surface area contributed by atoms with Crippen molar-refractivity contribution in [2.24, 2.45) is 0 Å². The van der Waals surface area contributed by atoms with Gasteiger partial charge in [-0.15, -0.1) is 8.67 Å². The highest BCUT2D eigenvalue weighted by Crippen LogP contribution is 2.41. The van der Waals surface area contributed by atoms with Crippen molar-refractivity contribution >= 4 is 98.6 Å². The van der Waals surface area contributed by atoms with E-state index in [1.165, 1.54) is 20.8 Å². The van der Waals surface area contributed by atoms with Gasteiger partial charge in [-0.3, -0.25) is 29.8 Å². The molecule has 0 aliphatic rings. The van der Waals surface area contributed by atoms with E-state index in [1.54, 1.807) is 54.1 Å². The van der Waals surface area contributed by atoms with Gasteiger partial charge >= 0.3 is 6.18 Å². The molecule has 0 fully saturated rings. The van der Waals surface area contributed by atoms with Crippen molar-refractivity contribution in [3.63, 3.8) is 0 Å². The van der Waals surface area contributed by atoms with Gasteiger partial charge in [0.25, 0.3) is 11.4 Å². The molecule has 506 valence electrons. The van der Waals surface area contributed by atoms with E-state index in [2.05, 4.69) is 0 Å². The molecule has 0 aliphatic carbocycles. The van der Waals surface area contributed by atoms with Crippen LogP contribution in [0, 0.1) is 49.8 Å². The summed E-state index contributed by atoms with van der Waals surface area (Å²) in [5, 5.41) is 39.6. The number of aryl methyl sites for hydroxylation is 1. The van der Waals surface area contributed by atoms with Gasteiger partial charge < -0.3 is 32.5 Å². The van der Waals surface area contributed by atoms with Crippen LogP contribution in [0.25, 0.3) is 0 Å². The number of nitriles is 2. The van der Waals surface area contributed by atoms with Crippen LogP contribution in [0.1, 0.15) is 170 Å². The predicted octanol–water partition coefficient (Wildman–Crippen LogP) is 10.3. The maximum Gasteiger partial charge on any atom is 0.416 e. The zero-order valence-electron chi connectivity index (χ0n) is 50.3. The molecule has 92 heavy (non-hydrogen) atoms. The van der Waals surface area contributed by atoms with Crippen LogP contribution < -0.4 is 9.78 Å². The summed E-state index contributed by atoms with van der Waals surface area (Å²) in [6.07, 6.45) is -0.561. The molecule has 0 N–H and O–H groups in total. The highest BCUT2D eigenvalue weighted by Gasteiger charge is 2.36. The minimum absolute atomic E-state index is 0.00917. The zero-order valence-corrected chi connectivity index (χ0v) is 56.0. The molecule has 0 radical (unpaired) electrons. The molecule has 29 nitrogen and oxygen atoms in total. The molecule has 0 spiro atoms. The Morgan fingerprint density at radius 2 is 0.761 bits per heavy atom. The number of halogens is 3. The molecule has 0 aliphatic heterocycles. The fraction of sp³-hybridized carbons (Fsp3) is 0.358. The van der Waals surface area contributed by atoms with E-state index >= 15 is 0 Å².